The molecule has 2 unspecified atom stereocenters. The normalized spacial score (nSPS) is 23.9. The molecule has 0 aliphatic carbocycles. The van der Waals surface area contributed by atoms with Crippen LogP contribution in [-0.2, 0) is 10.0 Å². The van der Waals surface area contributed by atoms with Gasteiger partial charge >= 0.3 is 0 Å². The smallest absolute Gasteiger partial charge is 0.289 e. The van der Waals surface area contributed by atoms with Gasteiger partial charge in [-0.3, -0.25) is 10.1 Å². The van der Waals surface area contributed by atoms with Crippen molar-refractivity contribution >= 4 is 21.4 Å². The highest BCUT2D eigenvalue weighted by Crippen LogP contribution is 2.33. The topological polar surface area (TPSA) is 107 Å². The molecule has 116 valence electrons. The second-order valence-electron chi connectivity index (χ2n) is 5.46. The van der Waals surface area contributed by atoms with Crippen LogP contribution in [0.2, 0.25) is 0 Å². The molecule has 21 heavy (non-hydrogen) atoms. The molecule has 2 atom stereocenters. The molecule has 1 aliphatic rings. The van der Waals surface area contributed by atoms with Gasteiger partial charge in [-0.05, 0) is 37.8 Å². The highest BCUT2D eigenvalue weighted by Gasteiger charge is 2.38. The number of rotatable bonds is 3. The largest absolute Gasteiger partial charge is 0.399 e. The summed E-state index contributed by atoms with van der Waals surface area (Å²) in [4.78, 5) is 10.1. The van der Waals surface area contributed by atoms with E-state index in [9.17, 15) is 18.5 Å². The molecule has 2 rings (SSSR count). The minimum absolute atomic E-state index is 0.190. The number of anilines is 1. The summed E-state index contributed by atoms with van der Waals surface area (Å²) < 4.78 is 26.9. The van der Waals surface area contributed by atoms with E-state index >= 15 is 0 Å². The summed E-state index contributed by atoms with van der Waals surface area (Å²) in [6, 6.07) is 3.45. The van der Waals surface area contributed by atoms with E-state index in [1.54, 1.807) is 0 Å². The summed E-state index contributed by atoms with van der Waals surface area (Å²) in [5.41, 5.74) is 5.37. The monoisotopic (exact) mass is 313 g/mol. The minimum atomic E-state index is -3.93. The van der Waals surface area contributed by atoms with E-state index in [2.05, 4.69) is 0 Å². The third-order valence-electron chi connectivity index (χ3n) is 4.08. The van der Waals surface area contributed by atoms with E-state index in [1.807, 2.05) is 13.8 Å². The second kappa shape index (κ2) is 5.61. The lowest BCUT2D eigenvalue weighted by atomic mass is 9.94. The number of hydrogen-bond acceptors (Lipinski definition) is 5. The zero-order chi connectivity index (χ0) is 15.8. The first-order chi connectivity index (χ1) is 9.75. The van der Waals surface area contributed by atoms with Crippen LogP contribution in [0, 0.1) is 16.0 Å². The van der Waals surface area contributed by atoms with Gasteiger partial charge in [-0.15, -0.1) is 0 Å². The fourth-order valence-corrected chi connectivity index (χ4v) is 4.61. The second-order valence-corrected chi connectivity index (χ2v) is 7.32. The first-order valence-electron chi connectivity index (χ1n) is 6.81. The Hall–Kier alpha value is -1.67. The number of nitrogens with two attached hydrogens (primary N) is 1. The zero-order valence-corrected chi connectivity index (χ0v) is 12.8. The fraction of sp³-hybridized carbons (Fsp3) is 0.538. The van der Waals surface area contributed by atoms with Crippen LogP contribution in [0.5, 0.6) is 0 Å². The van der Waals surface area contributed by atoms with E-state index in [0.717, 1.165) is 18.9 Å². The molecule has 7 nitrogen and oxygen atoms in total. The van der Waals surface area contributed by atoms with Gasteiger partial charge in [0.05, 0.1) is 4.92 Å². The maximum Gasteiger partial charge on any atom is 0.289 e. The van der Waals surface area contributed by atoms with Crippen molar-refractivity contribution in [3.63, 3.8) is 0 Å². The average molecular weight is 313 g/mol. The zero-order valence-electron chi connectivity index (χ0n) is 12.0. The Morgan fingerprint density at radius 2 is 2.05 bits per heavy atom. The fourth-order valence-electron chi connectivity index (χ4n) is 2.65. The molecule has 1 saturated heterocycles. The van der Waals surface area contributed by atoms with Crippen molar-refractivity contribution in [2.75, 3.05) is 12.3 Å². The molecular formula is C13H19N3O4S. The lowest BCUT2D eigenvalue weighted by molar-refractivity contribution is -0.387. The molecule has 1 heterocycles. The van der Waals surface area contributed by atoms with Gasteiger partial charge in [0.15, 0.2) is 4.90 Å². The predicted molar refractivity (Wildman–Crippen MR) is 79.3 cm³/mol. The Labute approximate surface area is 123 Å². The van der Waals surface area contributed by atoms with Gasteiger partial charge in [0.1, 0.15) is 0 Å². The first-order valence-corrected chi connectivity index (χ1v) is 8.25. The Bertz CT molecular complexity index is 659. The van der Waals surface area contributed by atoms with Crippen molar-refractivity contribution in [1.82, 2.24) is 4.31 Å². The van der Waals surface area contributed by atoms with Gasteiger partial charge in [0.25, 0.3) is 5.69 Å². The van der Waals surface area contributed by atoms with Crippen LogP contribution in [-0.4, -0.2) is 30.2 Å². The van der Waals surface area contributed by atoms with Crippen LogP contribution in [0.4, 0.5) is 11.4 Å². The van der Waals surface area contributed by atoms with Crippen molar-refractivity contribution in [3.05, 3.63) is 28.3 Å². The molecule has 0 bridgehead atoms. The quantitative estimate of drug-likeness (QED) is 0.521. The maximum atomic E-state index is 12.8. The van der Waals surface area contributed by atoms with Crippen LogP contribution < -0.4 is 5.73 Å². The molecule has 0 aromatic heterocycles. The summed E-state index contributed by atoms with van der Waals surface area (Å²) in [5.74, 6) is 0.216. The third-order valence-corrected chi connectivity index (χ3v) is 6.10. The van der Waals surface area contributed by atoms with Gasteiger partial charge in [-0.25, -0.2) is 8.42 Å². The van der Waals surface area contributed by atoms with E-state index in [0.29, 0.717) is 6.54 Å². The lowest BCUT2D eigenvalue weighted by Gasteiger charge is -2.36. The molecular weight excluding hydrogens is 294 g/mol. The number of nitro benzene ring substituents is 1. The summed E-state index contributed by atoms with van der Waals surface area (Å²) in [5, 5.41) is 11.1. The van der Waals surface area contributed by atoms with Crippen LogP contribution in [0.1, 0.15) is 26.7 Å². The van der Waals surface area contributed by atoms with Crippen molar-refractivity contribution in [2.45, 2.75) is 37.6 Å². The van der Waals surface area contributed by atoms with Gasteiger partial charge in [-0.2, -0.15) is 4.31 Å². The lowest BCUT2D eigenvalue weighted by Crippen LogP contribution is -2.46. The number of piperidine rings is 1. The predicted octanol–water partition coefficient (Wildman–Crippen LogP) is 1.99. The molecule has 2 N–H and O–H groups in total. The number of hydrogen-bond donors (Lipinski definition) is 1. The molecule has 1 aliphatic heterocycles. The Balaban J connectivity index is 2.53. The summed E-state index contributed by atoms with van der Waals surface area (Å²) in [6.45, 7) is 4.19. The van der Waals surface area contributed by atoms with E-state index in [4.69, 9.17) is 5.73 Å². The van der Waals surface area contributed by atoms with Crippen molar-refractivity contribution in [1.29, 1.82) is 0 Å². The molecule has 0 radical (unpaired) electrons. The summed E-state index contributed by atoms with van der Waals surface area (Å²) in [7, 11) is -3.93. The molecule has 1 aromatic carbocycles. The third kappa shape index (κ3) is 2.86. The molecule has 0 spiro atoms. The first kappa shape index (κ1) is 15.7. The molecule has 1 aromatic rings. The number of sulfonamides is 1. The molecule has 0 saturated carbocycles. The SMILES string of the molecule is CC1CCCN(S(=O)(=O)c2cc(N)ccc2[N+](=O)[O-])C1C. The summed E-state index contributed by atoms with van der Waals surface area (Å²) in [6.07, 6.45) is 1.70. The van der Waals surface area contributed by atoms with E-state index in [-0.39, 0.29) is 22.5 Å². The van der Waals surface area contributed by atoms with Gasteiger partial charge in [0, 0.05) is 24.3 Å². The average Bonchev–Trinajstić information content (AvgIpc) is 2.41. The number of nitro groups is 1. The van der Waals surface area contributed by atoms with E-state index in [1.165, 1.54) is 16.4 Å². The van der Waals surface area contributed by atoms with Crippen molar-refractivity contribution in [3.8, 4) is 0 Å². The van der Waals surface area contributed by atoms with Crippen LogP contribution in [0.25, 0.3) is 0 Å². The molecule has 8 heteroatoms. The minimum Gasteiger partial charge on any atom is -0.399 e. The highest BCUT2D eigenvalue weighted by molar-refractivity contribution is 7.89. The standard InChI is InChI=1S/C13H19N3O4S/c1-9-4-3-7-15(10(9)2)21(19,20)13-8-11(14)5-6-12(13)16(17)18/h5-6,8-10H,3-4,7,14H2,1-2H3. The Morgan fingerprint density at radius 1 is 1.38 bits per heavy atom. The van der Waals surface area contributed by atoms with Crippen LogP contribution >= 0.6 is 0 Å². The van der Waals surface area contributed by atoms with Gasteiger partial charge < -0.3 is 5.73 Å². The van der Waals surface area contributed by atoms with Crippen LogP contribution in [0.15, 0.2) is 23.1 Å². The highest BCUT2D eigenvalue weighted by atomic mass is 32.2. The Morgan fingerprint density at radius 3 is 2.67 bits per heavy atom. The molecule has 1 fully saturated rings. The van der Waals surface area contributed by atoms with Gasteiger partial charge in [-0.1, -0.05) is 6.92 Å². The van der Waals surface area contributed by atoms with E-state index < -0.39 is 20.6 Å². The number of nitrogen functional groups attached to an aromatic ring is 1. The molecule has 0 amide bonds. The Kier molecular flexibility index (Phi) is 4.20. The summed E-state index contributed by atoms with van der Waals surface area (Å²) >= 11 is 0. The number of nitrogens with zero attached hydrogens (tertiary/aromatic N) is 2. The maximum absolute atomic E-state index is 12.8. The number of benzene rings is 1. The van der Waals surface area contributed by atoms with Gasteiger partial charge in [0.2, 0.25) is 10.0 Å². The van der Waals surface area contributed by atoms with Crippen molar-refractivity contribution in [2.24, 2.45) is 5.92 Å². The van der Waals surface area contributed by atoms with Crippen LogP contribution in [0.3, 0.4) is 0 Å². The van der Waals surface area contributed by atoms with Crippen molar-refractivity contribution < 1.29 is 13.3 Å².